The first kappa shape index (κ1) is 14.7. The van der Waals surface area contributed by atoms with Gasteiger partial charge >= 0.3 is 0 Å². The Morgan fingerprint density at radius 2 is 1.95 bits per heavy atom. The molecule has 2 amide bonds. The highest BCUT2D eigenvalue weighted by Gasteiger charge is 2.41. The van der Waals surface area contributed by atoms with Crippen molar-refractivity contribution >= 4 is 11.8 Å². The van der Waals surface area contributed by atoms with Gasteiger partial charge in [0.05, 0.1) is 27.1 Å². The number of hydrogen-bond acceptors (Lipinski definition) is 2. The Morgan fingerprint density at radius 3 is 2.60 bits per heavy atom. The normalized spacial score (nSPS) is 19.1. The highest BCUT2D eigenvalue weighted by Crippen LogP contribution is 2.14. The van der Waals surface area contributed by atoms with E-state index in [1.807, 2.05) is 35.6 Å². The molecule has 0 spiro atoms. The summed E-state index contributed by atoms with van der Waals surface area (Å²) in [5.41, 5.74) is 0.993. The SMILES string of the molecule is C[NH+](C)CC[NH2+][C@@H]1CC(=O)N(Cc2ccccc2)C1=O. The van der Waals surface area contributed by atoms with Crippen molar-refractivity contribution in [2.75, 3.05) is 27.2 Å². The average molecular weight is 277 g/mol. The van der Waals surface area contributed by atoms with Crippen LogP contribution in [0.4, 0.5) is 0 Å². The van der Waals surface area contributed by atoms with Crippen LogP contribution in [-0.2, 0) is 16.1 Å². The lowest BCUT2D eigenvalue weighted by molar-refractivity contribution is -0.875. The molecule has 0 aliphatic carbocycles. The molecule has 1 aliphatic heterocycles. The Balaban J connectivity index is 1.92. The second-order valence-corrected chi connectivity index (χ2v) is 5.60. The Hall–Kier alpha value is -1.72. The standard InChI is InChI=1S/C15H21N3O2/c1-17(2)9-8-16-13-10-14(19)18(15(13)20)11-12-6-4-3-5-7-12/h3-7,13,16H,8-11H2,1-2H3/p+2/t13-/m1/s1. The van der Waals surface area contributed by atoms with Crippen LogP contribution in [0.5, 0.6) is 0 Å². The Morgan fingerprint density at radius 1 is 1.25 bits per heavy atom. The van der Waals surface area contributed by atoms with Crippen LogP contribution in [0.25, 0.3) is 0 Å². The summed E-state index contributed by atoms with van der Waals surface area (Å²) >= 11 is 0. The molecule has 1 atom stereocenters. The summed E-state index contributed by atoms with van der Waals surface area (Å²) in [7, 11) is 4.16. The molecule has 1 aromatic rings. The van der Waals surface area contributed by atoms with Gasteiger partial charge in [-0.25, -0.2) is 0 Å². The number of imide groups is 1. The van der Waals surface area contributed by atoms with Crippen LogP contribution in [-0.4, -0.2) is 49.9 Å². The Bertz CT molecular complexity index is 473. The predicted octanol–water partition coefficient (Wildman–Crippen LogP) is -1.98. The lowest BCUT2D eigenvalue weighted by Crippen LogP contribution is -3.10. The van der Waals surface area contributed by atoms with E-state index < -0.39 is 0 Å². The fourth-order valence-electron chi connectivity index (χ4n) is 2.40. The minimum absolute atomic E-state index is 0.0485. The maximum absolute atomic E-state index is 12.3. The molecule has 1 saturated heterocycles. The molecule has 2 rings (SSSR count). The zero-order chi connectivity index (χ0) is 14.5. The van der Waals surface area contributed by atoms with Gasteiger partial charge < -0.3 is 10.2 Å². The van der Waals surface area contributed by atoms with Gasteiger partial charge in [-0.15, -0.1) is 0 Å². The van der Waals surface area contributed by atoms with Crippen LogP contribution in [0.1, 0.15) is 12.0 Å². The van der Waals surface area contributed by atoms with Gasteiger partial charge in [0, 0.05) is 0 Å². The third-order valence-electron chi connectivity index (χ3n) is 3.56. The van der Waals surface area contributed by atoms with Crippen molar-refractivity contribution in [3.05, 3.63) is 35.9 Å². The molecular formula is C15H23N3O2+2. The minimum Gasteiger partial charge on any atom is -0.335 e. The van der Waals surface area contributed by atoms with E-state index in [0.29, 0.717) is 13.0 Å². The van der Waals surface area contributed by atoms with Crippen LogP contribution < -0.4 is 10.2 Å². The summed E-state index contributed by atoms with van der Waals surface area (Å²) in [4.78, 5) is 27.0. The van der Waals surface area contributed by atoms with Crippen molar-refractivity contribution in [2.24, 2.45) is 0 Å². The number of amides is 2. The van der Waals surface area contributed by atoms with E-state index in [1.54, 1.807) is 0 Å². The van der Waals surface area contributed by atoms with Gasteiger partial charge in [-0.2, -0.15) is 0 Å². The van der Waals surface area contributed by atoms with Crippen LogP contribution in [0, 0.1) is 0 Å². The number of carbonyl (C=O) groups excluding carboxylic acids is 2. The summed E-state index contributed by atoms with van der Waals surface area (Å²) < 4.78 is 0. The average Bonchev–Trinajstić information content (AvgIpc) is 2.67. The molecule has 1 fully saturated rings. The first-order valence-electron chi connectivity index (χ1n) is 7.08. The molecule has 1 aromatic carbocycles. The summed E-state index contributed by atoms with van der Waals surface area (Å²) in [5, 5.41) is 2.00. The van der Waals surface area contributed by atoms with Gasteiger partial charge in [0.25, 0.3) is 5.91 Å². The molecule has 0 unspecified atom stereocenters. The maximum Gasteiger partial charge on any atom is 0.288 e. The summed E-state index contributed by atoms with van der Waals surface area (Å²) in [6.45, 7) is 2.24. The number of nitrogens with one attached hydrogen (secondary N) is 1. The van der Waals surface area contributed by atoms with Crippen molar-refractivity contribution < 1.29 is 19.8 Å². The first-order valence-corrected chi connectivity index (χ1v) is 7.08. The number of nitrogens with zero attached hydrogens (tertiary/aromatic N) is 1. The maximum atomic E-state index is 12.3. The van der Waals surface area contributed by atoms with Crippen LogP contribution >= 0.6 is 0 Å². The smallest absolute Gasteiger partial charge is 0.288 e. The molecule has 0 bridgehead atoms. The predicted molar refractivity (Wildman–Crippen MR) is 74.9 cm³/mol. The number of benzene rings is 1. The molecule has 5 nitrogen and oxygen atoms in total. The number of nitrogens with two attached hydrogens (primary N) is 1. The summed E-state index contributed by atoms with van der Waals surface area (Å²) in [5.74, 6) is -0.107. The Kier molecular flexibility index (Phi) is 4.87. The number of likely N-dealkylation sites (tertiary alicyclic amines) is 1. The topological polar surface area (TPSA) is 58.4 Å². The molecule has 108 valence electrons. The minimum atomic E-state index is -0.231. The van der Waals surface area contributed by atoms with Crippen molar-refractivity contribution in [3.63, 3.8) is 0 Å². The third kappa shape index (κ3) is 3.65. The van der Waals surface area contributed by atoms with Crippen molar-refractivity contribution in [3.8, 4) is 0 Å². The van der Waals surface area contributed by atoms with Gasteiger partial charge in [-0.05, 0) is 5.56 Å². The molecule has 0 radical (unpaired) electrons. The molecular weight excluding hydrogens is 254 g/mol. The number of quaternary nitrogens is 2. The van der Waals surface area contributed by atoms with Gasteiger partial charge in [-0.1, -0.05) is 30.3 Å². The zero-order valence-electron chi connectivity index (χ0n) is 12.1. The van der Waals surface area contributed by atoms with Gasteiger partial charge in [0.15, 0.2) is 6.04 Å². The van der Waals surface area contributed by atoms with E-state index in [4.69, 9.17) is 0 Å². The van der Waals surface area contributed by atoms with Crippen molar-refractivity contribution in [2.45, 2.75) is 19.0 Å². The fourth-order valence-corrected chi connectivity index (χ4v) is 2.40. The van der Waals surface area contributed by atoms with E-state index in [2.05, 4.69) is 14.1 Å². The van der Waals surface area contributed by atoms with Crippen LogP contribution in [0.15, 0.2) is 30.3 Å². The summed E-state index contributed by atoms with van der Waals surface area (Å²) in [6, 6.07) is 9.41. The lowest BCUT2D eigenvalue weighted by Gasteiger charge is -2.14. The van der Waals surface area contributed by atoms with Gasteiger partial charge in [0.1, 0.15) is 13.1 Å². The van der Waals surface area contributed by atoms with Crippen molar-refractivity contribution in [1.82, 2.24) is 4.90 Å². The molecule has 0 aromatic heterocycles. The number of carbonyl (C=O) groups is 2. The van der Waals surface area contributed by atoms with Crippen LogP contribution in [0.2, 0.25) is 0 Å². The first-order chi connectivity index (χ1) is 9.58. The second kappa shape index (κ2) is 6.63. The number of hydrogen-bond donors (Lipinski definition) is 2. The van der Waals surface area contributed by atoms with E-state index in [1.165, 1.54) is 9.80 Å². The van der Waals surface area contributed by atoms with Gasteiger partial charge in [-0.3, -0.25) is 14.5 Å². The van der Waals surface area contributed by atoms with E-state index >= 15 is 0 Å². The summed E-state index contributed by atoms with van der Waals surface area (Å²) in [6.07, 6.45) is 0.328. The van der Waals surface area contributed by atoms with E-state index in [-0.39, 0.29) is 17.9 Å². The monoisotopic (exact) mass is 277 g/mol. The largest absolute Gasteiger partial charge is 0.335 e. The number of rotatable bonds is 6. The second-order valence-electron chi connectivity index (χ2n) is 5.60. The molecule has 1 aliphatic rings. The third-order valence-corrected chi connectivity index (χ3v) is 3.56. The van der Waals surface area contributed by atoms with Crippen LogP contribution in [0.3, 0.4) is 0 Å². The number of likely N-dealkylation sites (N-methyl/N-ethyl adjacent to an activating group) is 1. The molecule has 0 saturated carbocycles. The highest BCUT2D eigenvalue weighted by molar-refractivity contribution is 6.04. The Labute approximate surface area is 119 Å². The lowest BCUT2D eigenvalue weighted by atomic mass is 10.2. The molecule has 5 heteroatoms. The van der Waals surface area contributed by atoms with E-state index in [0.717, 1.165) is 18.7 Å². The zero-order valence-corrected chi connectivity index (χ0v) is 12.1. The van der Waals surface area contributed by atoms with E-state index in [9.17, 15) is 9.59 Å². The van der Waals surface area contributed by atoms with Crippen molar-refractivity contribution in [1.29, 1.82) is 0 Å². The molecule has 3 N–H and O–H groups in total. The van der Waals surface area contributed by atoms with Gasteiger partial charge in [0.2, 0.25) is 5.91 Å². The highest BCUT2D eigenvalue weighted by atomic mass is 16.2. The quantitative estimate of drug-likeness (QED) is 0.592. The molecule has 1 heterocycles. The fraction of sp³-hybridized carbons (Fsp3) is 0.467. The molecule has 20 heavy (non-hydrogen) atoms.